The average molecular weight is 1040 g/mol. The van der Waals surface area contributed by atoms with Crippen LogP contribution in [-0.4, -0.2) is 111 Å². The summed E-state index contributed by atoms with van der Waals surface area (Å²) in [6.45, 7) is 7.22. The second kappa shape index (κ2) is 20.2. The van der Waals surface area contributed by atoms with Crippen LogP contribution >= 0.6 is 23.4 Å². The number of benzene rings is 5. The Bertz CT molecular complexity index is 3090. The van der Waals surface area contributed by atoms with E-state index in [2.05, 4.69) is 19.8 Å². The predicted molar refractivity (Wildman–Crippen MR) is 271 cm³/mol. The van der Waals surface area contributed by atoms with Gasteiger partial charge in [0.2, 0.25) is 0 Å². The van der Waals surface area contributed by atoms with Gasteiger partial charge >= 0.3 is 11.5 Å². The quantitative estimate of drug-likeness (QED) is 0.0641. The highest BCUT2D eigenvalue weighted by Gasteiger charge is 2.48. The topological polar surface area (TPSA) is 165 Å². The van der Waals surface area contributed by atoms with Crippen molar-refractivity contribution in [2.24, 2.45) is 7.05 Å². The maximum Gasteiger partial charge on any atom is 0.501 e. The second-order valence-corrected chi connectivity index (χ2v) is 22.9. The van der Waals surface area contributed by atoms with Gasteiger partial charge in [0.25, 0.3) is 19.9 Å². The molecule has 370 valence electrons. The number of halogens is 4. The van der Waals surface area contributed by atoms with Crippen molar-refractivity contribution in [3.8, 4) is 22.4 Å². The zero-order chi connectivity index (χ0) is 50.2. The summed E-state index contributed by atoms with van der Waals surface area (Å²) in [5.41, 5.74) is -1.36. The Labute approximate surface area is 414 Å². The number of aromatic nitrogens is 1. The number of nitrogens with one attached hydrogen (secondary N) is 2. The zero-order valence-electron chi connectivity index (χ0n) is 38.4. The minimum atomic E-state index is -6.03. The first-order valence-electron chi connectivity index (χ1n) is 22.4. The number of carboxylic acid groups (broad SMARTS) is 1. The van der Waals surface area contributed by atoms with Crippen molar-refractivity contribution in [3.05, 3.63) is 138 Å². The molecule has 4 N–H and O–H groups in total. The lowest BCUT2D eigenvalue weighted by Crippen LogP contribution is -2.60. The van der Waals surface area contributed by atoms with Gasteiger partial charge < -0.3 is 29.9 Å². The maximum atomic E-state index is 14.2. The number of piperazine rings is 1. The molecule has 2 saturated heterocycles. The number of carbonyl (C=O) groups is 1. The van der Waals surface area contributed by atoms with Crippen LogP contribution in [0.3, 0.4) is 0 Å². The number of aromatic carboxylic acids is 1. The van der Waals surface area contributed by atoms with Crippen LogP contribution in [0.2, 0.25) is 5.02 Å². The Balaban J connectivity index is 0.960. The summed E-state index contributed by atoms with van der Waals surface area (Å²) in [4.78, 5) is 18.0. The number of nitrogens with zero attached hydrogens (tertiary/aromatic N) is 4. The molecule has 0 amide bonds. The number of hydrogen-bond donors (Lipinski definition) is 4. The molecule has 1 aromatic heterocycles. The molecule has 2 aliphatic rings. The summed E-state index contributed by atoms with van der Waals surface area (Å²) in [6, 6.07) is 33.0. The third-order valence-corrected chi connectivity index (χ3v) is 16.9. The van der Waals surface area contributed by atoms with E-state index < -0.39 is 52.8 Å². The van der Waals surface area contributed by atoms with E-state index >= 15 is 0 Å². The summed E-state index contributed by atoms with van der Waals surface area (Å²) >= 11 is 7.62. The van der Waals surface area contributed by atoms with Crippen molar-refractivity contribution in [1.29, 1.82) is 0 Å². The minimum absolute atomic E-state index is 0.111. The maximum absolute atomic E-state index is 14.2. The molecule has 20 heteroatoms. The molecular weight excluding hydrogens is 985 g/mol. The molecule has 2 fully saturated rings. The van der Waals surface area contributed by atoms with E-state index in [0.29, 0.717) is 80.3 Å². The lowest BCUT2D eigenvalue weighted by molar-refractivity contribution is -0.0834. The van der Waals surface area contributed by atoms with E-state index in [-0.39, 0.29) is 16.9 Å². The van der Waals surface area contributed by atoms with E-state index in [1.165, 1.54) is 23.9 Å². The molecule has 0 unspecified atom stereocenters. The van der Waals surface area contributed by atoms with E-state index in [1.54, 1.807) is 38.1 Å². The highest BCUT2D eigenvalue weighted by atomic mass is 35.5. The number of likely N-dealkylation sites (tertiary alicyclic amines) is 1. The molecule has 0 radical (unpaired) electrons. The van der Waals surface area contributed by atoms with Crippen LogP contribution in [0.1, 0.15) is 29.4 Å². The van der Waals surface area contributed by atoms with Gasteiger partial charge in [0.1, 0.15) is 4.90 Å². The van der Waals surface area contributed by atoms with E-state index in [9.17, 15) is 45.0 Å². The van der Waals surface area contributed by atoms with Crippen molar-refractivity contribution in [3.63, 3.8) is 0 Å². The smallest absolute Gasteiger partial charge is 0.478 e. The summed E-state index contributed by atoms with van der Waals surface area (Å²) in [5.74, 6) is -0.682. The number of anilines is 4. The largest absolute Gasteiger partial charge is 0.501 e. The number of aliphatic hydroxyl groups is 1. The lowest BCUT2D eigenvalue weighted by Gasteiger charge is -2.44. The standard InChI is InChI=1S/C50H52ClF3N6O7S3/c1-33-45(48(61)62)46(47(57(33)3)34-12-14-36(51)15-13-34)35-8-7-9-40(28-35)60-26-24-59(25-27-60)39-18-16-37(17-19-39)56-70(66,67)42-20-21-43(44(29-42)69(64,65)50(52,53)54)55-38(22-23-58-31-49(2,63)32-58)30-68-41-10-5-4-6-11-41/h4-21,28-29,38,55-56,63H,22-27,30-32H2,1-3H3,(H,61,62)/t38-/m1/s1. The second-order valence-electron chi connectivity index (χ2n) is 17.8. The third kappa shape index (κ3) is 11.1. The molecule has 2 aliphatic heterocycles. The van der Waals surface area contributed by atoms with Crippen LogP contribution in [0.25, 0.3) is 22.4 Å². The number of β-amino-alcohol motifs (C(OH)–C–C–N with tert-alkyl or cyclic N) is 1. The van der Waals surface area contributed by atoms with Gasteiger partial charge in [-0.25, -0.2) is 21.6 Å². The predicted octanol–water partition coefficient (Wildman–Crippen LogP) is 9.47. The Morgan fingerprint density at radius 2 is 1.47 bits per heavy atom. The number of sulfone groups is 1. The van der Waals surface area contributed by atoms with Crippen LogP contribution in [0, 0.1) is 6.92 Å². The SMILES string of the molecule is Cc1c(C(=O)O)c(-c2cccc(N3CCN(c4ccc(NS(=O)(=O)c5ccc(N[C@H](CCN6CC(C)(O)C6)CSc6ccccc6)c(S(=O)(=O)C(F)(F)F)c5)cc4)CC3)c2)c(-c2ccc(Cl)cc2)n1C. The van der Waals surface area contributed by atoms with Gasteiger partial charge in [-0.15, -0.1) is 11.8 Å². The Morgan fingerprint density at radius 1 is 0.829 bits per heavy atom. The van der Waals surface area contributed by atoms with Gasteiger partial charge in [-0.05, 0) is 110 Å². The van der Waals surface area contributed by atoms with Crippen molar-refractivity contribution in [2.45, 2.75) is 52.1 Å². The van der Waals surface area contributed by atoms with Crippen molar-refractivity contribution < 1.29 is 45.0 Å². The van der Waals surface area contributed by atoms with Crippen molar-refractivity contribution >= 4 is 71.9 Å². The van der Waals surface area contributed by atoms with E-state index in [0.717, 1.165) is 45.2 Å². The molecular formula is C50H52ClF3N6O7S3. The fraction of sp³-hybridized carbons (Fsp3) is 0.300. The van der Waals surface area contributed by atoms with Gasteiger partial charge in [-0.3, -0.25) is 9.62 Å². The number of hydrogen-bond acceptors (Lipinski definition) is 11. The first-order valence-corrected chi connectivity index (χ1v) is 26.7. The summed E-state index contributed by atoms with van der Waals surface area (Å²) in [7, 11) is -8.78. The van der Waals surface area contributed by atoms with E-state index in [1.807, 2.05) is 83.2 Å². The summed E-state index contributed by atoms with van der Waals surface area (Å²) in [5, 5.41) is 24.1. The molecule has 3 heterocycles. The number of rotatable bonds is 17. The van der Waals surface area contributed by atoms with Gasteiger partial charge in [-0.1, -0.05) is 54.1 Å². The molecule has 0 spiro atoms. The fourth-order valence-electron chi connectivity index (χ4n) is 9.01. The Hall–Kier alpha value is -5.70. The van der Waals surface area contributed by atoms with Crippen LogP contribution in [0.15, 0.2) is 136 Å². The van der Waals surface area contributed by atoms with Gasteiger partial charge in [-0.2, -0.15) is 13.2 Å². The van der Waals surface area contributed by atoms with Crippen molar-refractivity contribution in [2.75, 3.05) is 71.4 Å². The Kier molecular flexibility index (Phi) is 14.6. The zero-order valence-corrected chi connectivity index (χ0v) is 41.7. The highest BCUT2D eigenvalue weighted by Crippen LogP contribution is 2.41. The van der Waals surface area contributed by atoms with Crippen LogP contribution in [0.4, 0.5) is 35.9 Å². The number of thioether (sulfide) groups is 1. The molecule has 0 saturated carbocycles. The minimum Gasteiger partial charge on any atom is -0.478 e. The third-order valence-electron chi connectivity index (χ3n) is 12.6. The number of sulfonamides is 1. The van der Waals surface area contributed by atoms with Gasteiger partial charge in [0.05, 0.1) is 27.4 Å². The average Bonchev–Trinajstić information content (AvgIpc) is 3.59. The molecule has 0 aliphatic carbocycles. The van der Waals surface area contributed by atoms with Crippen LogP contribution in [0.5, 0.6) is 0 Å². The molecule has 6 aromatic rings. The summed E-state index contributed by atoms with van der Waals surface area (Å²) in [6.07, 6.45) is 0.390. The molecule has 1 atom stereocenters. The number of alkyl halides is 3. The molecule has 8 rings (SSSR count). The van der Waals surface area contributed by atoms with Crippen molar-refractivity contribution in [1.82, 2.24) is 9.47 Å². The molecule has 70 heavy (non-hydrogen) atoms. The first-order chi connectivity index (χ1) is 33.1. The first kappa shape index (κ1) is 50.7. The lowest BCUT2D eigenvalue weighted by atomic mass is 9.96. The van der Waals surface area contributed by atoms with Crippen LogP contribution in [-0.2, 0) is 26.9 Å². The molecule has 13 nitrogen and oxygen atoms in total. The number of carboxylic acids is 1. The van der Waals surface area contributed by atoms with E-state index in [4.69, 9.17) is 11.6 Å². The monoisotopic (exact) mass is 1040 g/mol. The van der Waals surface area contributed by atoms with Crippen LogP contribution < -0.4 is 19.8 Å². The Morgan fingerprint density at radius 3 is 2.09 bits per heavy atom. The molecule has 5 aromatic carbocycles. The fourth-order valence-corrected chi connectivity index (χ4v) is 12.2. The van der Waals surface area contributed by atoms with Gasteiger partial charge in [0.15, 0.2) is 0 Å². The molecule has 0 bridgehead atoms. The summed E-state index contributed by atoms with van der Waals surface area (Å²) < 4.78 is 101. The van der Waals surface area contributed by atoms with Gasteiger partial charge in [0, 0.05) is 103 Å². The highest BCUT2D eigenvalue weighted by molar-refractivity contribution is 7.99. The normalized spacial score (nSPS) is 15.9.